The highest BCUT2D eigenvalue weighted by Crippen LogP contribution is 2.50. The lowest BCUT2D eigenvalue weighted by Gasteiger charge is -2.38. The van der Waals surface area contributed by atoms with Crippen LogP contribution >= 0.6 is 11.6 Å². The van der Waals surface area contributed by atoms with E-state index in [1.807, 2.05) is 12.1 Å². The van der Waals surface area contributed by atoms with Gasteiger partial charge in [0.1, 0.15) is 0 Å². The van der Waals surface area contributed by atoms with E-state index in [1.54, 1.807) is 0 Å². The highest BCUT2D eigenvalue weighted by molar-refractivity contribution is 6.31. The van der Waals surface area contributed by atoms with Gasteiger partial charge >= 0.3 is 0 Å². The number of aryl methyl sites for hydroxylation is 1. The van der Waals surface area contributed by atoms with Crippen molar-refractivity contribution in [2.75, 3.05) is 5.32 Å². The first-order valence-corrected chi connectivity index (χ1v) is 8.46. The summed E-state index contributed by atoms with van der Waals surface area (Å²) in [6, 6.07) is 15.4. The van der Waals surface area contributed by atoms with Crippen LogP contribution in [0, 0.1) is 5.92 Å². The zero-order chi connectivity index (χ0) is 15.1. The van der Waals surface area contributed by atoms with Gasteiger partial charge in [-0.3, -0.25) is 0 Å². The Balaban J connectivity index is 1.80. The van der Waals surface area contributed by atoms with Crippen molar-refractivity contribution in [2.24, 2.45) is 5.92 Å². The Morgan fingerprint density at radius 2 is 2.00 bits per heavy atom. The molecule has 0 fully saturated rings. The summed E-state index contributed by atoms with van der Waals surface area (Å²) in [5.41, 5.74) is 5.33. The third-order valence-corrected chi connectivity index (χ3v) is 5.42. The molecule has 1 aliphatic carbocycles. The van der Waals surface area contributed by atoms with Gasteiger partial charge in [-0.1, -0.05) is 61.0 Å². The Labute approximate surface area is 137 Å². The van der Waals surface area contributed by atoms with Crippen molar-refractivity contribution in [1.82, 2.24) is 0 Å². The van der Waals surface area contributed by atoms with E-state index in [9.17, 15) is 0 Å². The van der Waals surface area contributed by atoms with Gasteiger partial charge in [-0.05, 0) is 47.6 Å². The lowest BCUT2D eigenvalue weighted by molar-refractivity contribution is 0.425. The Bertz CT molecular complexity index is 734. The molecule has 0 unspecified atom stereocenters. The van der Waals surface area contributed by atoms with Crippen LogP contribution in [0.2, 0.25) is 5.02 Å². The summed E-state index contributed by atoms with van der Waals surface area (Å²) in [6.07, 6.45) is 6.91. The second kappa shape index (κ2) is 5.48. The zero-order valence-electron chi connectivity index (χ0n) is 12.7. The van der Waals surface area contributed by atoms with Gasteiger partial charge in [-0.2, -0.15) is 0 Å². The Morgan fingerprint density at radius 1 is 1.14 bits per heavy atom. The molecule has 2 aliphatic rings. The molecule has 2 heteroatoms. The third-order valence-electron chi connectivity index (χ3n) is 5.08. The van der Waals surface area contributed by atoms with Crippen LogP contribution in [0.3, 0.4) is 0 Å². The summed E-state index contributed by atoms with van der Waals surface area (Å²) in [4.78, 5) is 0. The molecule has 2 aromatic rings. The number of benzene rings is 2. The molecule has 4 rings (SSSR count). The number of anilines is 1. The van der Waals surface area contributed by atoms with Gasteiger partial charge in [0, 0.05) is 16.6 Å². The minimum absolute atomic E-state index is 0.286. The molecule has 3 atom stereocenters. The first kappa shape index (κ1) is 13.9. The molecule has 2 aromatic carbocycles. The van der Waals surface area contributed by atoms with E-state index >= 15 is 0 Å². The molecule has 112 valence electrons. The van der Waals surface area contributed by atoms with Crippen LogP contribution < -0.4 is 5.32 Å². The molecular formula is C20H20ClN. The zero-order valence-corrected chi connectivity index (χ0v) is 13.5. The summed E-state index contributed by atoms with van der Waals surface area (Å²) in [5, 5.41) is 4.61. The molecule has 1 N–H and O–H groups in total. The van der Waals surface area contributed by atoms with Crippen LogP contribution in [-0.2, 0) is 6.42 Å². The quantitative estimate of drug-likeness (QED) is 0.699. The van der Waals surface area contributed by atoms with Gasteiger partial charge in [-0.25, -0.2) is 0 Å². The average molecular weight is 310 g/mol. The molecule has 0 saturated carbocycles. The van der Waals surface area contributed by atoms with E-state index in [2.05, 4.69) is 54.7 Å². The molecule has 0 saturated heterocycles. The second-order valence-electron chi connectivity index (χ2n) is 6.27. The third kappa shape index (κ3) is 2.16. The number of allylic oxidation sites excluding steroid dienone is 2. The summed E-state index contributed by atoms with van der Waals surface area (Å²) in [5.74, 6) is 1.06. The lowest BCUT2D eigenvalue weighted by atomic mass is 9.76. The molecule has 22 heavy (non-hydrogen) atoms. The van der Waals surface area contributed by atoms with E-state index < -0.39 is 0 Å². The largest absolute Gasteiger partial charge is 0.378 e. The van der Waals surface area contributed by atoms with E-state index in [4.69, 9.17) is 11.6 Å². The Kier molecular flexibility index (Phi) is 3.46. The van der Waals surface area contributed by atoms with E-state index in [0.29, 0.717) is 11.8 Å². The van der Waals surface area contributed by atoms with Crippen molar-refractivity contribution in [3.8, 4) is 0 Å². The predicted molar refractivity (Wildman–Crippen MR) is 93.6 cm³/mol. The number of halogens is 1. The molecule has 0 radical (unpaired) electrons. The predicted octanol–water partition coefficient (Wildman–Crippen LogP) is 5.73. The average Bonchev–Trinajstić information content (AvgIpc) is 3.04. The van der Waals surface area contributed by atoms with Crippen LogP contribution in [0.5, 0.6) is 0 Å². The lowest BCUT2D eigenvalue weighted by Crippen LogP contribution is -2.29. The molecule has 1 nitrogen and oxygen atoms in total. The minimum Gasteiger partial charge on any atom is -0.378 e. The van der Waals surface area contributed by atoms with Crippen LogP contribution in [0.4, 0.5) is 5.69 Å². The topological polar surface area (TPSA) is 12.0 Å². The number of nitrogens with one attached hydrogen (secondary N) is 1. The fourth-order valence-corrected chi connectivity index (χ4v) is 4.15. The highest BCUT2D eigenvalue weighted by atomic mass is 35.5. The fraction of sp³-hybridized carbons (Fsp3) is 0.300. The Morgan fingerprint density at radius 3 is 2.82 bits per heavy atom. The van der Waals surface area contributed by atoms with Crippen molar-refractivity contribution in [3.63, 3.8) is 0 Å². The molecular weight excluding hydrogens is 290 g/mol. The van der Waals surface area contributed by atoms with Crippen molar-refractivity contribution in [2.45, 2.75) is 31.7 Å². The summed E-state index contributed by atoms with van der Waals surface area (Å²) in [6.45, 7) is 2.21. The van der Waals surface area contributed by atoms with Crippen LogP contribution in [-0.4, -0.2) is 0 Å². The summed E-state index contributed by atoms with van der Waals surface area (Å²) < 4.78 is 0. The summed E-state index contributed by atoms with van der Waals surface area (Å²) in [7, 11) is 0. The monoisotopic (exact) mass is 309 g/mol. The van der Waals surface area contributed by atoms with Gasteiger partial charge in [0.15, 0.2) is 0 Å². The van der Waals surface area contributed by atoms with Gasteiger partial charge in [0.25, 0.3) is 0 Å². The fourth-order valence-electron chi connectivity index (χ4n) is 3.90. The first-order valence-electron chi connectivity index (χ1n) is 8.08. The van der Waals surface area contributed by atoms with Gasteiger partial charge < -0.3 is 5.32 Å². The maximum Gasteiger partial charge on any atom is 0.0568 e. The second-order valence-corrected chi connectivity index (χ2v) is 6.68. The highest BCUT2D eigenvalue weighted by Gasteiger charge is 2.38. The van der Waals surface area contributed by atoms with Crippen LogP contribution in [0.15, 0.2) is 54.6 Å². The molecule has 0 aromatic heterocycles. The van der Waals surface area contributed by atoms with Crippen molar-refractivity contribution in [1.29, 1.82) is 0 Å². The van der Waals surface area contributed by atoms with Gasteiger partial charge in [-0.15, -0.1) is 0 Å². The molecule has 0 bridgehead atoms. The normalized spacial score (nSPS) is 25.5. The maximum atomic E-state index is 6.46. The van der Waals surface area contributed by atoms with Gasteiger partial charge in [0.05, 0.1) is 6.04 Å². The number of fused-ring (bicyclic) bond motifs is 3. The van der Waals surface area contributed by atoms with E-state index in [-0.39, 0.29) is 6.04 Å². The first-order chi connectivity index (χ1) is 10.8. The number of hydrogen-bond acceptors (Lipinski definition) is 1. The maximum absolute atomic E-state index is 6.46. The molecule has 1 aliphatic heterocycles. The smallest absolute Gasteiger partial charge is 0.0568 e. The van der Waals surface area contributed by atoms with Crippen LogP contribution in [0.25, 0.3) is 0 Å². The summed E-state index contributed by atoms with van der Waals surface area (Å²) >= 11 is 6.46. The molecule has 1 heterocycles. The van der Waals surface area contributed by atoms with Crippen molar-refractivity contribution < 1.29 is 0 Å². The number of hydrogen-bond donors (Lipinski definition) is 1. The van der Waals surface area contributed by atoms with Gasteiger partial charge in [0.2, 0.25) is 0 Å². The minimum atomic E-state index is 0.286. The molecule has 0 amide bonds. The van der Waals surface area contributed by atoms with Crippen molar-refractivity contribution in [3.05, 3.63) is 76.3 Å². The Hall–Kier alpha value is -1.73. The van der Waals surface area contributed by atoms with Crippen molar-refractivity contribution >= 4 is 17.3 Å². The standard InChI is InChI=1S/C20H20ClN/c1-2-13-10-11-19-17(12-13)14-7-5-8-15(14)20(22-19)16-6-3-4-9-18(16)21/h3-7,9-12,14-15,20,22H,2,8H2,1H3/t14-,15+,20+/m1/s1. The SMILES string of the molecule is CCc1ccc2c(c1)[C@@H]1C=CC[C@@H]1[C@@H](c1ccccc1Cl)N2. The van der Waals surface area contributed by atoms with E-state index in [0.717, 1.165) is 17.9 Å². The van der Waals surface area contributed by atoms with Crippen LogP contribution in [0.1, 0.15) is 42.0 Å². The number of rotatable bonds is 2. The molecule has 0 spiro atoms. The van der Waals surface area contributed by atoms with E-state index in [1.165, 1.54) is 22.4 Å².